The highest BCUT2D eigenvalue weighted by molar-refractivity contribution is 6.43. The van der Waals surface area contributed by atoms with E-state index in [0.29, 0.717) is 35.1 Å². The number of halogens is 2. The van der Waals surface area contributed by atoms with Gasteiger partial charge in [-0.05, 0) is 25.1 Å². The molecule has 0 atom stereocenters. The van der Waals surface area contributed by atoms with Gasteiger partial charge in [0.2, 0.25) is 0 Å². The van der Waals surface area contributed by atoms with Crippen molar-refractivity contribution in [3.05, 3.63) is 33.8 Å². The van der Waals surface area contributed by atoms with Gasteiger partial charge < -0.3 is 4.90 Å². The van der Waals surface area contributed by atoms with E-state index in [0.717, 1.165) is 26.1 Å². The van der Waals surface area contributed by atoms with Gasteiger partial charge in [0.15, 0.2) is 0 Å². The molecule has 0 N–H and O–H groups in total. The number of benzene rings is 1. The Hall–Kier alpha value is -1.28. The Morgan fingerprint density at radius 3 is 2.62 bits per heavy atom. The molecule has 1 saturated heterocycles. The number of nitrogens with zero attached hydrogens (tertiary/aromatic N) is 3. The summed E-state index contributed by atoms with van der Waals surface area (Å²) in [6, 6.07) is 7.26. The SMILES string of the molecule is N#CCCCN1CCN(C(=O)c2cccc(Cl)c2Cl)CC1. The fourth-order valence-corrected chi connectivity index (χ4v) is 2.78. The number of rotatable bonds is 4. The fourth-order valence-electron chi connectivity index (χ4n) is 2.40. The lowest BCUT2D eigenvalue weighted by Crippen LogP contribution is -2.48. The molecule has 0 unspecified atom stereocenters. The number of amides is 1. The predicted molar refractivity (Wildman–Crippen MR) is 83.7 cm³/mol. The van der Waals surface area contributed by atoms with Crippen molar-refractivity contribution in [3.63, 3.8) is 0 Å². The molecular weight excluding hydrogens is 309 g/mol. The van der Waals surface area contributed by atoms with Gasteiger partial charge in [0.05, 0.1) is 21.7 Å². The molecular formula is C15H17Cl2N3O. The van der Waals surface area contributed by atoms with Crippen molar-refractivity contribution in [3.8, 4) is 6.07 Å². The minimum Gasteiger partial charge on any atom is -0.336 e. The van der Waals surface area contributed by atoms with Crippen LogP contribution in [0.4, 0.5) is 0 Å². The Morgan fingerprint density at radius 2 is 1.95 bits per heavy atom. The number of carbonyl (C=O) groups excluding carboxylic acids is 1. The number of carbonyl (C=O) groups is 1. The number of nitriles is 1. The molecule has 1 amide bonds. The fraction of sp³-hybridized carbons (Fsp3) is 0.467. The Morgan fingerprint density at radius 1 is 1.24 bits per heavy atom. The quantitative estimate of drug-likeness (QED) is 0.799. The van der Waals surface area contributed by atoms with Crippen molar-refractivity contribution >= 4 is 29.1 Å². The maximum atomic E-state index is 12.5. The normalized spacial score (nSPS) is 15.8. The molecule has 0 radical (unpaired) electrons. The van der Waals surface area contributed by atoms with E-state index in [-0.39, 0.29) is 5.91 Å². The average Bonchev–Trinajstić information content (AvgIpc) is 2.50. The average molecular weight is 326 g/mol. The highest BCUT2D eigenvalue weighted by Gasteiger charge is 2.23. The van der Waals surface area contributed by atoms with Crippen LogP contribution < -0.4 is 0 Å². The molecule has 0 spiro atoms. The Balaban J connectivity index is 1.91. The van der Waals surface area contributed by atoms with Crippen molar-refractivity contribution in [2.24, 2.45) is 0 Å². The van der Waals surface area contributed by atoms with Crippen molar-refractivity contribution in [1.29, 1.82) is 5.26 Å². The smallest absolute Gasteiger partial charge is 0.255 e. The highest BCUT2D eigenvalue weighted by atomic mass is 35.5. The van der Waals surface area contributed by atoms with E-state index in [1.54, 1.807) is 23.1 Å². The predicted octanol–water partition coefficient (Wildman–Crippen LogP) is 3.05. The number of hydrogen-bond acceptors (Lipinski definition) is 3. The summed E-state index contributed by atoms with van der Waals surface area (Å²) >= 11 is 12.1. The van der Waals surface area contributed by atoms with Crippen molar-refractivity contribution in [2.45, 2.75) is 12.8 Å². The van der Waals surface area contributed by atoms with E-state index in [1.807, 2.05) is 0 Å². The van der Waals surface area contributed by atoms with Crippen LogP contribution in [-0.4, -0.2) is 48.4 Å². The first-order valence-corrected chi connectivity index (χ1v) is 7.71. The van der Waals surface area contributed by atoms with Gasteiger partial charge in [0.1, 0.15) is 0 Å². The van der Waals surface area contributed by atoms with Crippen LogP contribution in [-0.2, 0) is 0 Å². The minimum absolute atomic E-state index is 0.0702. The lowest BCUT2D eigenvalue weighted by molar-refractivity contribution is 0.0636. The standard InChI is InChI=1S/C15H17Cl2N3O/c16-13-5-3-4-12(14(13)17)15(21)20-10-8-19(9-11-20)7-2-1-6-18/h3-5H,1-2,7-11H2. The van der Waals surface area contributed by atoms with Crippen LogP contribution in [0.2, 0.25) is 10.0 Å². The molecule has 2 rings (SSSR count). The maximum Gasteiger partial charge on any atom is 0.255 e. The summed E-state index contributed by atoms with van der Waals surface area (Å²) in [5.74, 6) is -0.0702. The van der Waals surface area contributed by atoms with Crippen LogP contribution in [0.15, 0.2) is 18.2 Å². The topological polar surface area (TPSA) is 47.3 Å². The Labute approximate surface area is 134 Å². The number of hydrogen-bond donors (Lipinski definition) is 0. The zero-order chi connectivity index (χ0) is 15.2. The molecule has 0 aliphatic carbocycles. The van der Waals surface area contributed by atoms with Crippen LogP contribution in [0.5, 0.6) is 0 Å². The molecule has 0 saturated carbocycles. The van der Waals surface area contributed by atoms with E-state index >= 15 is 0 Å². The van der Waals surface area contributed by atoms with Gasteiger partial charge >= 0.3 is 0 Å². The minimum atomic E-state index is -0.0702. The van der Waals surface area contributed by atoms with Gasteiger partial charge in [0, 0.05) is 32.6 Å². The second-order valence-corrected chi connectivity index (χ2v) is 5.78. The first-order chi connectivity index (χ1) is 10.1. The Bertz CT molecular complexity index is 548. The first kappa shape index (κ1) is 16.1. The molecule has 0 bridgehead atoms. The van der Waals surface area contributed by atoms with Crippen molar-refractivity contribution in [1.82, 2.24) is 9.80 Å². The molecule has 0 aromatic heterocycles. The third-order valence-corrected chi connectivity index (χ3v) is 4.42. The second-order valence-electron chi connectivity index (χ2n) is 5.00. The van der Waals surface area contributed by atoms with Crippen LogP contribution in [0.3, 0.4) is 0 Å². The van der Waals surface area contributed by atoms with E-state index in [1.165, 1.54) is 0 Å². The zero-order valence-electron chi connectivity index (χ0n) is 11.7. The molecule has 1 aromatic carbocycles. The molecule has 1 aliphatic rings. The van der Waals surface area contributed by atoms with Crippen molar-refractivity contribution < 1.29 is 4.79 Å². The third kappa shape index (κ3) is 4.10. The molecule has 6 heteroatoms. The van der Waals surface area contributed by atoms with Gasteiger partial charge in [-0.1, -0.05) is 29.3 Å². The molecule has 21 heavy (non-hydrogen) atoms. The van der Waals surface area contributed by atoms with Crippen LogP contribution in [0.25, 0.3) is 0 Å². The summed E-state index contributed by atoms with van der Waals surface area (Å²) in [5.41, 5.74) is 0.460. The largest absolute Gasteiger partial charge is 0.336 e. The van der Waals surface area contributed by atoms with E-state index < -0.39 is 0 Å². The maximum absolute atomic E-state index is 12.5. The van der Waals surface area contributed by atoms with Crippen molar-refractivity contribution in [2.75, 3.05) is 32.7 Å². The van der Waals surface area contributed by atoms with Gasteiger partial charge in [-0.15, -0.1) is 0 Å². The summed E-state index contributed by atoms with van der Waals surface area (Å²) < 4.78 is 0. The second kappa shape index (κ2) is 7.65. The molecule has 1 aliphatic heterocycles. The van der Waals surface area contributed by atoms with Gasteiger partial charge in [-0.3, -0.25) is 9.69 Å². The van der Waals surface area contributed by atoms with Crippen LogP contribution >= 0.6 is 23.2 Å². The molecule has 1 aromatic rings. The summed E-state index contributed by atoms with van der Waals surface area (Å²) in [7, 11) is 0. The Kier molecular flexibility index (Phi) is 5.86. The summed E-state index contributed by atoms with van der Waals surface area (Å²) in [6.07, 6.45) is 1.46. The molecule has 1 heterocycles. The molecule has 1 fully saturated rings. The summed E-state index contributed by atoms with van der Waals surface area (Å²) in [6.45, 7) is 3.92. The van der Waals surface area contributed by atoms with Crippen LogP contribution in [0, 0.1) is 11.3 Å². The number of unbranched alkanes of at least 4 members (excludes halogenated alkanes) is 1. The highest BCUT2D eigenvalue weighted by Crippen LogP contribution is 2.26. The van der Waals surface area contributed by atoms with Crippen LogP contribution in [0.1, 0.15) is 23.2 Å². The zero-order valence-corrected chi connectivity index (χ0v) is 13.2. The van der Waals surface area contributed by atoms with E-state index in [9.17, 15) is 4.79 Å². The van der Waals surface area contributed by atoms with Gasteiger partial charge in [0.25, 0.3) is 5.91 Å². The summed E-state index contributed by atoms with van der Waals surface area (Å²) in [4.78, 5) is 16.5. The third-order valence-electron chi connectivity index (χ3n) is 3.60. The van der Waals surface area contributed by atoms with E-state index in [4.69, 9.17) is 28.5 Å². The van der Waals surface area contributed by atoms with Gasteiger partial charge in [-0.2, -0.15) is 5.26 Å². The summed E-state index contributed by atoms with van der Waals surface area (Å²) in [5, 5.41) is 9.26. The van der Waals surface area contributed by atoms with Gasteiger partial charge in [-0.25, -0.2) is 0 Å². The number of piperazine rings is 1. The monoisotopic (exact) mass is 325 g/mol. The first-order valence-electron chi connectivity index (χ1n) is 6.96. The molecule has 112 valence electrons. The lowest BCUT2D eigenvalue weighted by atomic mass is 10.1. The van der Waals surface area contributed by atoms with E-state index in [2.05, 4.69) is 11.0 Å². The molecule has 4 nitrogen and oxygen atoms in total. The lowest BCUT2D eigenvalue weighted by Gasteiger charge is -2.34.